The predicted octanol–water partition coefficient (Wildman–Crippen LogP) is 5.72. The van der Waals surface area contributed by atoms with Crippen molar-refractivity contribution in [2.24, 2.45) is 0 Å². The van der Waals surface area contributed by atoms with E-state index in [9.17, 15) is 4.39 Å². The van der Waals surface area contributed by atoms with Crippen LogP contribution < -0.4 is 14.8 Å². The van der Waals surface area contributed by atoms with Crippen molar-refractivity contribution >= 4 is 17.3 Å². The molecule has 1 N–H and O–H groups in total. The molecule has 3 aromatic carbocycles. The van der Waals surface area contributed by atoms with E-state index < -0.39 is 5.82 Å². The lowest BCUT2D eigenvalue weighted by atomic mass is 10.1. The van der Waals surface area contributed by atoms with Gasteiger partial charge in [0, 0.05) is 18.7 Å². The van der Waals surface area contributed by atoms with Crippen molar-refractivity contribution in [3.63, 3.8) is 0 Å². The van der Waals surface area contributed by atoms with E-state index in [0.717, 1.165) is 17.7 Å². The van der Waals surface area contributed by atoms with Crippen molar-refractivity contribution in [3.8, 4) is 11.5 Å². The molecule has 0 aliphatic carbocycles. The summed E-state index contributed by atoms with van der Waals surface area (Å²) < 4.78 is 24.6. The quantitative estimate of drug-likeness (QED) is 0.537. The van der Waals surface area contributed by atoms with Crippen molar-refractivity contribution < 1.29 is 13.9 Å². The number of nitrogens with one attached hydrogen (secondary N) is 1. The Kier molecular flexibility index (Phi) is 6.55. The molecule has 0 aliphatic rings. The van der Waals surface area contributed by atoms with E-state index in [-0.39, 0.29) is 5.02 Å². The number of hydrogen-bond acceptors (Lipinski definition) is 3. The van der Waals surface area contributed by atoms with Crippen molar-refractivity contribution in [1.29, 1.82) is 0 Å². The molecule has 0 unspecified atom stereocenters. The predicted molar refractivity (Wildman–Crippen MR) is 107 cm³/mol. The lowest BCUT2D eigenvalue weighted by molar-refractivity contribution is 0.297. The average molecular weight is 386 g/mol. The standard InChI is InChI=1S/C22H21ClFNO2/c1-26-22-13-17(15-25-18-8-9-20(24)19(23)14-18)7-10-21(22)27-12-11-16-5-3-2-4-6-16/h2-10,13-14,25H,11-12,15H2,1H3. The fourth-order valence-electron chi connectivity index (χ4n) is 2.67. The molecule has 0 bridgehead atoms. The van der Waals surface area contributed by atoms with E-state index in [1.54, 1.807) is 19.2 Å². The molecule has 3 aromatic rings. The molecular weight excluding hydrogens is 365 g/mol. The van der Waals surface area contributed by atoms with Gasteiger partial charge in [0.05, 0.1) is 18.7 Å². The number of rotatable bonds is 8. The molecule has 0 aromatic heterocycles. The second kappa shape index (κ2) is 9.28. The molecule has 0 aliphatic heterocycles. The van der Waals surface area contributed by atoms with Crippen LogP contribution >= 0.6 is 11.6 Å². The van der Waals surface area contributed by atoms with E-state index in [1.807, 2.05) is 36.4 Å². The fourth-order valence-corrected chi connectivity index (χ4v) is 2.86. The summed E-state index contributed by atoms with van der Waals surface area (Å²) >= 11 is 5.81. The maximum atomic E-state index is 13.2. The zero-order valence-corrected chi connectivity index (χ0v) is 15.8. The van der Waals surface area contributed by atoms with Crippen molar-refractivity contribution in [1.82, 2.24) is 0 Å². The third-order valence-corrected chi connectivity index (χ3v) is 4.43. The Balaban J connectivity index is 1.58. The van der Waals surface area contributed by atoms with Crippen LogP contribution in [0, 0.1) is 5.82 Å². The number of anilines is 1. The molecule has 0 spiro atoms. The lowest BCUT2D eigenvalue weighted by Crippen LogP contribution is -2.04. The summed E-state index contributed by atoms with van der Waals surface area (Å²) in [5.41, 5.74) is 3.00. The summed E-state index contributed by atoms with van der Waals surface area (Å²) in [6.07, 6.45) is 0.832. The van der Waals surface area contributed by atoms with Gasteiger partial charge in [0.15, 0.2) is 11.5 Å². The summed E-state index contributed by atoms with van der Waals surface area (Å²) in [5, 5.41) is 3.31. The topological polar surface area (TPSA) is 30.5 Å². The molecule has 3 nitrogen and oxygen atoms in total. The second-order valence-corrected chi connectivity index (χ2v) is 6.46. The van der Waals surface area contributed by atoms with E-state index in [4.69, 9.17) is 21.1 Å². The molecule has 0 saturated carbocycles. The van der Waals surface area contributed by atoms with Gasteiger partial charge in [0.1, 0.15) is 5.82 Å². The summed E-state index contributed by atoms with van der Waals surface area (Å²) in [4.78, 5) is 0. The molecule has 3 rings (SSSR count). The number of ether oxygens (including phenoxy) is 2. The van der Waals surface area contributed by atoms with Gasteiger partial charge >= 0.3 is 0 Å². The minimum absolute atomic E-state index is 0.0970. The zero-order chi connectivity index (χ0) is 19.1. The minimum Gasteiger partial charge on any atom is -0.493 e. The highest BCUT2D eigenvalue weighted by atomic mass is 35.5. The van der Waals surface area contributed by atoms with Gasteiger partial charge in [0.25, 0.3) is 0 Å². The van der Waals surface area contributed by atoms with Crippen LogP contribution in [0.15, 0.2) is 66.7 Å². The smallest absolute Gasteiger partial charge is 0.161 e. The SMILES string of the molecule is COc1cc(CNc2ccc(F)c(Cl)c2)ccc1OCCc1ccccc1. The Morgan fingerprint density at radius 1 is 0.926 bits per heavy atom. The molecule has 0 fully saturated rings. The van der Waals surface area contributed by atoms with Gasteiger partial charge in [-0.25, -0.2) is 4.39 Å². The Morgan fingerprint density at radius 3 is 2.48 bits per heavy atom. The Hall–Kier alpha value is -2.72. The highest BCUT2D eigenvalue weighted by molar-refractivity contribution is 6.31. The minimum atomic E-state index is -0.430. The molecule has 27 heavy (non-hydrogen) atoms. The second-order valence-electron chi connectivity index (χ2n) is 6.05. The van der Waals surface area contributed by atoms with Gasteiger partial charge in [-0.2, -0.15) is 0 Å². The van der Waals surface area contributed by atoms with Crippen LogP contribution in [0.3, 0.4) is 0 Å². The first-order valence-electron chi connectivity index (χ1n) is 8.68. The average Bonchev–Trinajstić information content (AvgIpc) is 2.70. The van der Waals surface area contributed by atoms with Gasteiger partial charge in [-0.15, -0.1) is 0 Å². The van der Waals surface area contributed by atoms with Crippen LogP contribution in [-0.4, -0.2) is 13.7 Å². The highest BCUT2D eigenvalue weighted by Gasteiger charge is 2.07. The Morgan fingerprint density at radius 2 is 1.74 bits per heavy atom. The number of halogens is 2. The van der Waals surface area contributed by atoms with Crippen LogP contribution in [0.2, 0.25) is 5.02 Å². The Labute approximate surface area is 163 Å². The van der Waals surface area contributed by atoms with E-state index >= 15 is 0 Å². The van der Waals surface area contributed by atoms with Crippen molar-refractivity contribution in [2.75, 3.05) is 19.0 Å². The maximum Gasteiger partial charge on any atom is 0.161 e. The van der Waals surface area contributed by atoms with Gasteiger partial charge < -0.3 is 14.8 Å². The normalized spacial score (nSPS) is 10.5. The van der Waals surface area contributed by atoms with Crippen LogP contribution in [0.1, 0.15) is 11.1 Å². The van der Waals surface area contributed by atoms with E-state index in [0.29, 0.717) is 24.7 Å². The molecule has 0 radical (unpaired) electrons. The third kappa shape index (κ3) is 5.38. The maximum absolute atomic E-state index is 13.2. The summed E-state index contributed by atoms with van der Waals surface area (Å²) in [7, 11) is 1.62. The Bertz CT molecular complexity index is 887. The van der Waals surface area contributed by atoms with E-state index in [2.05, 4.69) is 17.4 Å². The fraction of sp³-hybridized carbons (Fsp3) is 0.182. The number of hydrogen-bond donors (Lipinski definition) is 1. The van der Waals surface area contributed by atoms with Crippen LogP contribution in [0.5, 0.6) is 11.5 Å². The van der Waals surface area contributed by atoms with Gasteiger partial charge in [-0.05, 0) is 41.5 Å². The highest BCUT2D eigenvalue weighted by Crippen LogP contribution is 2.29. The van der Waals surface area contributed by atoms with Gasteiger partial charge in [-0.1, -0.05) is 48.0 Å². The zero-order valence-electron chi connectivity index (χ0n) is 15.0. The van der Waals surface area contributed by atoms with E-state index in [1.165, 1.54) is 11.6 Å². The van der Waals surface area contributed by atoms with Gasteiger partial charge in [0.2, 0.25) is 0 Å². The number of methoxy groups -OCH3 is 1. The van der Waals surface area contributed by atoms with Crippen LogP contribution in [0.4, 0.5) is 10.1 Å². The van der Waals surface area contributed by atoms with Crippen LogP contribution in [0.25, 0.3) is 0 Å². The first kappa shape index (κ1) is 19.1. The lowest BCUT2D eigenvalue weighted by Gasteiger charge is -2.13. The molecule has 0 heterocycles. The molecule has 0 atom stereocenters. The monoisotopic (exact) mass is 385 g/mol. The summed E-state index contributed by atoms with van der Waals surface area (Å²) in [6.45, 7) is 1.13. The molecule has 0 saturated heterocycles. The molecular formula is C22H21ClFNO2. The molecule has 0 amide bonds. The van der Waals surface area contributed by atoms with Crippen molar-refractivity contribution in [2.45, 2.75) is 13.0 Å². The largest absolute Gasteiger partial charge is 0.493 e. The van der Waals surface area contributed by atoms with Gasteiger partial charge in [-0.3, -0.25) is 0 Å². The van der Waals surface area contributed by atoms with Crippen molar-refractivity contribution in [3.05, 3.63) is 88.7 Å². The summed E-state index contributed by atoms with van der Waals surface area (Å²) in [6, 6.07) is 20.6. The first-order chi connectivity index (χ1) is 13.2. The molecule has 5 heteroatoms. The summed E-state index contributed by atoms with van der Waals surface area (Å²) in [5.74, 6) is 0.961. The molecule has 140 valence electrons. The third-order valence-electron chi connectivity index (χ3n) is 4.14. The van der Waals surface area contributed by atoms with Crippen LogP contribution in [-0.2, 0) is 13.0 Å². The first-order valence-corrected chi connectivity index (χ1v) is 9.06. The number of benzene rings is 3.